The summed E-state index contributed by atoms with van der Waals surface area (Å²) < 4.78 is 25.4. The molecule has 0 saturated carbocycles. The van der Waals surface area contributed by atoms with Crippen LogP contribution < -0.4 is 9.47 Å². The number of methoxy groups -OCH3 is 2. The summed E-state index contributed by atoms with van der Waals surface area (Å²) in [7, 11) is 3.14. The maximum atomic E-state index is 13.1. The molecule has 0 atom stereocenters. The van der Waals surface area contributed by atoms with E-state index in [0.29, 0.717) is 27.7 Å². The Hall–Kier alpha value is -3.00. The van der Waals surface area contributed by atoms with Crippen LogP contribution in [0, 0.1) is 10.6 Å². The topological polar surface area (TPSA) is 64.4 Å². The van der Waals surface area contributed by atoms with E-state index in [4.69, 9.17) is 21.7 Å². The quantitative estimate of drug-likeness (QED) is 0.559. The van der Waals surface area contributed by atoms with Crippen LogP contribution in [-0.2, 0) is 0 Å². The minimum atomic E-state index is -0.321. The molecule has 2 aromatic carbocycles. The second-order valence-corrected chi connectivity index (χ2v) is 5.42. The number of benzene rings is 2. The van der Waals surface area contributed by atoms with E-state index in [9.17, 15) is 4.39 Å². The molecule has 0 aliphatic carbocycles. The normalized spacial score (nSPS) is 11.0. The molecular weight excluding hydrogens is 343 g/mol. The highest BCUT2D eigenvalue weighted by molar-refractivity contribution is 7.71. The third-order valence-corrected chi connectivity index (χ3v) is 3.75. The fraction of sp³-hybridized carbons (Fsp3) is 0.118. The Kier molecular flexibility index (Phi) is 4.90. The van der Waals surface area contributed by atoms with E-state index in [1.807, 2.05) is 6.07 Å². The molecule has 1 heterocycles. The number of aromatic nitrogens is 3. The van der Waals surface area contributed by atoms with E-state index in [0.717, 1.165) is 5.56 Å². The standard InChI is InChI=1S/C17H15FN4O2S/c1-23-14-8-3-11(9-15(14)24-2)10-19-22-16(20-21-17(22)25)12-4-6-13(18)7-5-12/h3-10H,1-2H3,(H,21,25)/b19-10-. The number of hydrogen-bond acceptors (Lipinski definition) is 5. The molecule has 0 bridgehead atoms. The molecule has 6 nitrogen and oxygen atoms in total. The number of hydrogen-bond donors (Lipinski definition) is 1. The van der Waals surface area contributed by atoms with Gasteiger partial charge in [0.2, 0.25) is 4.77 Å². The fourth-order valence-electron chi connectivity index (χ4n) is 2.24. The minimum Gasteiger partial charge on any atom is -0.493 e. The average Bonchev–Trinajstić information content (AvgIpc) is 3.01. The molecule has 3 rings (SSSR count). The Bertz CT molecular complexity index is 964. The van der Waals surface area contributed by atoms with Crippen molar-refractivity contribution in [1.29, 1.82) is 0 Å². The van der Waals surface area contributed by atoms with Crippen molar-refractivity contribution in [2.45, 2.75) is 0 Å². The maximum Gasteiger partial charge on any atom is 0.216 e. The van der Waals surface area contributed by atoms with Crippen molar-refractivity contribution in [1.82, 2.24) is 14.9 Å². The van der Waals surface area contributed by atoms with Crippen LogP contribution in [0.25, 0.3) is 11.4 Å². The first-order valence-corrected chi connectivity index (χ1v) is 7.73. The molecule has 0 aliphatic rings. The van der Waals surface area contributed by atoms with Crippen molar-refractivity contribution < 1.29 is 13.9 Å². The van der Waals surface area contributed by atoms with Gasteiger partial charge in [0.05, 0.1) is 20.4 Å². The van der Waals surface area contributed by atoms with Gasteiger partial charge in [-0.15, -0.1) is 0 Å². The summed E-state index contributed by atoms with van der Waals surface area (Å²) in [6.45, 7) is 0. The second kappa shape index (κ2) is 7.27. The Morgan fingerprint density at radius 2 is 1.84 bits per heavy atom. The molecule has 128 valence electrons. The van der Waals surface area contributed by atoms with Gasteiger partial charge in [-0.3, -0.25) is 0 Å². The zero-order valence-electron chi connectivity index (χ0n) is 13.6. The highest BCUT2D eigenvalue weighted by Crippen LogP contribution is 2.27. The lowest BCUT2D eigenvalue weighted by Gasteiger charge is -2.07. The van der Waals surface area contributed by atoms with Gasteiger partial charge in [0.15, 0.2) is 17.3 Å². The zero-order valence-corrected chi connectivity index (χ0v) is 14.4. The van der Waals surface area contributed by atoms with E-state index >= 15 is 0 Å². The van der Waals surface area contributed by atoms with Crippen LogP contribution >= 0.6 is 12.2 Å². The smallest absolute Gasteiger partial charge is 0.216 e. The van der Waals surface area contributed by atoms with Crippen LogP contribution in [0.3, 0.4) is 0 Å². The Balaban J connectivity index is 1.96. The molecule has 3 aromatic rings. The molecule has 1 N–H and O–H groups in total. The summed E-state index contributed by atoms with van der Waals surface area (Å²) in [4.78, 5) is 0. The van der Waals surface area contributed by atoms with Crippen molar-refractivity contribution in [3.05, 3.63) is 58.6 Å². The molecule has 8 heteroatoms. The SMILES string of the molecule is COc1ccc(/C=N\n2c(-c3ccc(F)cc3)n[nH]c2=S)cc1OC. The number of halogens is 1. The van der Waals surface area contributed by atoms with Crippen LogP contribution in [0.15, 0.2) is 47.6 Å². The number of rotatable bonds is 5. The van der Waals surface area contributed by atoms with E-state index in [-0.39, 0.29) is 5.82 Å². The first-order chi connectivity index (χ1) is 12.1. The number of aromatic amines is 1. The highest BCUT2D eigenvalue weighted by atomic mass is 32.1. The van der Waals surface area contributed by atoms with Gasteiger partial charge in [0.1, 0.15) is 5.82 Å². The summed E-state index contributed by atoms with van der Waals surface area (Å²) in [5.74, 6) is 1.40. The molecule has 0 unspecified atom stereocenters. The molecule has 0 radical (unpaired) electrons. The Labute approximate surface area is 148 Å². The van der Waals surface area contributed by atoms with Crippen molar-refractivity contribution in [2.24, 2.45) is 5.10 Å². The summed E-state index contributed by atoms with van der Waals surface area (Å²) in [6, 6.07) is 11.4. The van der Waals surface area contributed by atoms with Gasteiger partial charge < -0.3 is 9.47 Å². The summed E-state index contributed by atoms with van der Waals surface area (Å²) in [6.07, 6.45) is 1.63. The third-order valence-electron chi connectivity index (χ3n) is 3.48. The van der Waals surface area contributed by atoms with Gasteiger partial charge in [0, 0.05) is 5.56 Å². The van der Waals surface area contributed by atoms with Crippen LogP contribution in [0.1, 0.15) is 5.56 Å². The molecule has 0 spiro atoms. The Morgan fingerprint density at radius 1 is 1.12 bits per heavy atom. The summed E-state index contributed by atoms with van der Waals surface area (Å²) in [5, 5.41) is 11.2. The monoisotopic (exact) mass is 358 g/mol. The second-order valence-electron chi connectivity index (χ2n) is 5.03. The predicted molar refractivity (Wildman–Crippen MR) is 95.3 cm³/mol. The molecular formula is C17H15FN4O2S. The van der Waals surface area contributed by atoms with E-state index < -0.39 is 0 Å². The third kappa shape index (κ3) is 3.58. The number of nitrogens with zero attached hydrogens (tertiary/aromatic N) is 3. The van der Waals surface area contributed by atoms with Crippen molar-refractivity contribution >= 4 is 18.4 Å². The van der Waals surface area contributed by atoms with Gasteiger partial charge in [-0.2, -0.15) is 14.9 Å². The highest BCUT2D eigenvalue weighted by Gasteiger charge is 2.08. The first kappa shape index (κ1) is 16.8. The molecule has 1 aromatic heterocycles. The van der Waals surface area contributed by atoms with Crippen LogP contribution in [0.2, 0.25) is 0 Å². The van der Waals surface area contributed by atoms with Gasteiger partial charge in [-0.1, -0.05) is 0 Å². The molecule has 25 heavy (non-hydrogen) atoms. The summed E-state index contributed by atoms with van der Waals surface area (Å²) >= 11 is 5.21. The number of nitrogens with one attached hydrogen (secondary N) is 1. The average molecular weight is 358 g/mol. The van der Waals surface area contributed by atoms with Crippen LogP contribution in [0.4, 0.5) is 4.39 Å². The molecule has 0 aliphatic heterocycles. The molecule has 0 fully saturated rings. The molecule has 0 saturated heterocycles. The predicted octanol–water partition coefficient (Wildman–Crippen LogP) is 3.65. The Morgan fingerprint density at radius 3 is 2.52 bits per heavy atom. The van der Waals surface area contributed by atoms with Gasteiger partial charge in [0.25, 0.3) is 0 Å². The zero-order chi connectivity index (χ0) is 17.8. The number of ether oxygens (including phenoxy) is 2. The lowest BCUT2D eigenvalue weighted by atomic mass is 10.2. The van der Waals surface area contributed by atoms with Gasteiger partial charge >= 0.3 is 0 Å². The van der Waals surface area contributed by atoms with Crippen LogP contribution in [0.5, 0.6) is 11.5 Å². The van der Waals surface area contributed by atoms with E-state index in [2.05, 4.69) is 15.3 Å². The molecule has 0 amide bonds. The lowest BCUT2D eigenvalue weighted by molar-refractivity contribution is 0.355. The van der Waals surface area contributed by atoms with Crippen molar-refractivity contribution in [3.8, 4) is 22.9 Å². The first-order valence-electron chi connectivity index (χ1n) is 7.32. The summed E-state index contributed by atoms with van der Waals surface area (Å²) in [5.41, 5.74) is 1.49. The van der Waals surface area contributed by atoms with Crippen molar-refractivity contribution in [2.75, 3.05) is 14.2 Å². The van der Waals surface area contributed by atoms with Gasteiger partial charge in [-0.05, 0) is 60.2 Å². The van der Waals surface area contributed by atoms with Crippen LogP contribution in [-0.4, -0.2) is 35.3 Å². The van der Waals surface area contributed by atoms with Gasteiger partial charge in [-0.25, -0.2) is 9.49 Å². The van der Waals surface area contributed by atoms with E-state index in [1.165, 1.54) is 16.8 Å². The largest absolute Gasteiger partial charge is 0.493 e. The minimum absolute atomic E-state index is 0.321. The fourth-order valence-corrected chi connectivity index (χ4v) is 2.42. The van der Waals surface area contributed by atoms with E-state index in [1.54, 1.807) is 44.7 Å². The van der Waals surface area contributed by atoms with Crippen molar-refractivity contribution in [3.63, 3.8) is 0 Å². The lowest BCUT2D eigenvalue weighted by Crippen LogP contribution is -1.96. The maximum absolute atomic E-state index is 13.1. The number of H-pyrrole nitrogens is 1.